The quantitative estimate of drug-likeness (QED) is 0.737. The van der Waals surface area contributed by atoms with E-state index in [0.29, 0.717) is 12.2 Å². The smallest absolute Gasteiger partial charge is 0.271 e. The molecule has 0 radical (unpaired) electrons. The number of aryl methyl sites for hydroxylation is 1. The number of carbonyl (C=O) groups excluding carboxylic acids is 1. The van der Waals surface area contributed by atoms with Crippen LogP contribution in [0.4, 0.5) is 0 Å². The zero-order chi connectivity index (χ0) is 21.8. The summed E-state index contributed by atoms with van der Waals surface area (Å²) in [6, 6.07) is 10.2. The molecule has 2 aliphatic heterocycles. The van der Waals surface area contributed by atoms with Crippen LogP contribution in [0.25, 0.3) is 0 Å². The van der Waals surface area contributed by atoms with Gasteiger partial charge >= 0.3 is 0 Å². The average molecular weight is 427 g/mol. The van der Waals surface area contributed by atoms with Crippen molar-refractivity contribution in [2.75, 3.05) is 19.6 Å². The zero-order valence-electron chi connectivity index (χ0n) is 18.8. The molecule has 1 spiro atoms. The topological polar surface area (TPSA) is 68.6 Å². The highest BCUT2D eigenvalue weighted by atomic mass is 16.5. The molecule has 2 aliphatic rings. The molecule has 3 heterocycles. The van der Waals surface area contributed by atoms with E-state index >= 15 is 0 Å². The molecule has 0 aliphatic carbocycles. The van der Waals surface area contributed by atoms with Crippen molar-refractivity contribution in [1.29, 1.82) is 0 Å². The summed E-state index contributed by atoms with van der Waals surface area (Å²) in [5.41, 5.74) is 1.74. The van der Waals surface area contributed by atoms with Crippen LogP contribution in [0.1, 0.15) is 55.6 Å². The molecular weight excluding hydrogens is 392 g/mol. The summed E-state index contributed by atoms with van der Waals surface area (Å²) in [6.45, 7) is 7.67. The molecule has 1 aromatic carbocycles. The minimum atomic E-state index is -0.134. The number of amides is 1. The van der Waals surface area contributed by atoms with Gasteiger partial charge in [0.2, 0.25) is 0 Å². The van der Waals surface area contributed by atoms with Crippen molar-refractivity contribution in [1.82, 2.24) is 20.0 Å². The molecule has 7 nitrogen and oxygen atoms in total. The molecule has 1 unspecified atom stereocenters. The molecule has 0 saturated carbocycles. The average Bonchev–Trinajstić information content (AvgIpc) is 3.36. The number of rotatable bonds is 7. The molecule has 0 bridgehead atoms. The Balaban J connectivity index is 1.21. The Labute approximate surface area is 184 Å². The molecule has 2 saturated heterocycles. The number of hydrogen-bond donors (Lipinski definition) is 1. The van der Waals surface area contributed by atoms with Crippen molar-refractivity contribution in [3.8, 4) is 5.75 Å². The van der Waals surface area contributed by atoms with Gasteiger partial charge in [-0.15, -0.1) is 0 Å². The van der Waals surface area contributed by atoms with Gasteiger partial charge < -0.3 is 14.8 Å². The van der Waals surface area contributed by atoms with Gasteiger partial charge in [0, 0.05) is 39.4 Å². The Kier molecular flexibility index (Phi) is 6.62. The molecular formula is C24H34N4O3. The summed E-state index contributed by atoms with van der Waals surface area (Å²) in [5.74, 6) is 0.793. The van der Waals surface area contributed by atoms with Crippen LogP contribution in [-0.4, -0.2) is 58.0 Å². The van der Waals surface area contributed by atoms with Crippen molar-refractivity contribution in [2.45, 2.75) is 63.9 Å². The van der Waals surface area contributed by atoms with E-state index in [-0.39, 0.29) is 23.7 Å². The van der Waals surface area contributed by atoms with E-state index in [1.165, 1.54) is 5.56 Å². The van der Waals surface area contributed by atoms with Gasteiger partial charge in [-0.3, -0.25) is 14.4 Å². The van der Waals surface area contributed by atoms with Crippen molar-refractivity contribution in [3.05, 3.63) is 47.8 Å². The number of nitrogens with one attached hydrogen (secondary N) is 1. The maximum Gasteiger partial charge on any atom is 0.271 e. The third-order valence-electron chi connectivity index (χ3n) is 6.24. The van der Waals surface area contributed by atoms with Crippen LogP contribution in [-0.2, 0) is 18.3 Å². The first-order valence-electron chi connectivity index (χ1n) is 11.3. The lowest BCUT2D eigenvalue weighted by Gasteiger charge is -2.39. The summed E-state index contributed by atoms with van der Waals surface area (Å²) in [4.78, 5) is 14.7. The summed E-state index contributed by atoms with van der Waals surface area (Å²) in [6.07, 6.45) is 6.23. The summed E-state index contributed by atoms with van der Waals surface area (Å²) < 4.78 is 13.8. The first-order chi connectivity index (χ1) is 14.9. The maximum atomic E-state index is 12.2. The molecule has 2 aromatic rings. The fourth-order valence-electron chi connectivity index (χ4n) is 4.56. The van der Waals surface area contributed by atoms with Gasteiger partial charge in [0.1, 0.15) is 11.4 Å². The molecule has 1 atom stereocenters. The number of piperidine rings is 1. The van der Waals surface area contributed by atoms with Crippen LogP contribution >= 0.6 is 0 Å². The molecule has 1 N–H and O–H groups in total. The first-order valence-corrected chi connectivity index (χ1v) is 11.3. The van der Waals surface area contributed by atoms with Crippen LogP contribution in [0, 0.1) is 0 Å². The summed E-state index contributed by atoms with van der Waals surface area (Å²) >= 11 is 0. The Morgan fingerprint density at radius 1 is 1.23 bits per heavy atom. The Hall–Kier alpha value is -2.38. The number of aromatic nitrogens is 2. The van der Waals surface area contributed by atoms with E-state index in [2.05, 4.69) is 39.6 Å². The zero-order valence-corrected chi connectivity index (χ0v) is 18.8. The Bertz CT molecular complexity index is 869. The van der Waals surface area contributed by atoms with Gasteiger partial charge in [0.05, 0.1) is 17.8 Å². The lowest BCUT2D eigenvalue weighted by Crippen LogP contribution is -2.44. The van der Waals surface area contributed by atoms with Crippen LogP contribution in [0.2, 0.25) is 0 Å². The van der Waals surface area contributed by atoms with Gasteiger partial charge in [-0.1, -0.05) is 12.1 Å². The minimum absolute atomic E-state index is 0.0220. The second kappa shape index (κ2) is 9.40. The van der Waals surface area contributed by atoms with Gasteiger partial charge in [0.25, 0.3) is 5.91 Å². The van der Waals surface area contributed by atoms with Crippen molar-refractivity contribution in [3.63, 3.8) is 0 Å². The monoisotopic (exact) mass is 426 g/mol. The molecule has 7 heteroatoms. The van der Waals surface area contributed by atoms with E-state index < -0.39 is 0 Å². The second-order valence-corrected chi connectivity index (χ2v) is 9.13. The van der Waals surface area contributed by atoms with E-state index in [1.54, 1.807) is 16.9 Å². The van der Waals surface area contributed by atoms with Gasteiger partial charge in [-0.2, -0.15) is 5.10 Å². The van der Waals surface area contributed by atoms with E-state index in [9.17, 15) is 4.79 Å². The lowest BCUT2D eigenvalue weighted by molar-refractivity contribution is -0.0764. The minimum Gasteiger partial charge on any atom is -0.491 e. The third kappa shape index (κ3) is 5.66. The van der Waals surface area contributed by atoms with Crippen LogP contribution in [0.15, 0.2) is 36.5 Å². The van der Waals surface area contributed by atoms with Crippen LogP contribution < -0.4 is 10.1 Å². The fraction of sp³-hybridized carbons (Fsp3) is 0.583. The van der Waals surface area contributed by atoms with E-state index in [4.69, 9.17) is 9.47 Å². The van der Waals surface area contributed by atoms with Crippen molar-refractivity contribution in [2.24, 2.45) is 7.05 Å². The van der Waals surface area contributed by atoms with Crippen molar-refractivity contribution < 1.29 is 14.3 Å². The number of ether oxygens (including phenoxy) is 2. The Morgan fingerprint density at radius 3 is 2.61 bits per heavy atom. The van der Waals surface area contributed by atoms with Gasteiger partial charge in [-0.25, -0.2) is 0 Å². The lowest BCUT2D eigenvalue weighted by atomic mass is 9.88. The first kappa shape index (κ1) is 21.8. The second-order valence-electron chi connectivity index (χ2n) is 9.13. The van der Waals surface area contributed by atoms with Gasteiger partial charge in [0.15, 0.2) is 0 Å². The Morgan fingerprint density at radius 2 is 1.97 bits per heavy atom. The highest BCUT2D eigenvalue weighted by Gasteiger charge is 2.42. The van der Waals surface area contributed by atoms with Crippen LogP contribution in [0.3, 0.4) is 0 Å². The number of benzene rings is 1. The molecule has 1 amide bonds. The maximum absolute atomic E-state index is 12.2. The summed E-state index contributed by atoms with van der Waals surface area (Å²) in [7, 11) is 1.81. The van der Waals surface area contributed by atoms with E-state index in [1.807, 2.05) is 20.9 Å². The molecule has 2 fully saturated rings. The fourth-order valence-corrected chi connectivity index (χ4v) is 4.56. The SMILES string of the molecule is CC(C)Oc1ccc(CN2CCC3(CCC(CNC(=O)c4ccn(C)n4)O3)CC2)cc1. The number of carbonyl (C=O) groups is 1. The normalized spacial score (nSPS) is 21.0. The number of nitrogens with zero attached hydrogens (tertiary/aromatic N) is 3. The van der Waals surface area contributed by atoms with Crippen LogP contribution in [0.5, 0.6) is 5.75 Å². The third-order valence-corrected chi connectivity index (χ3v) is 6.24. The molecule has 4 rings (SSSR count). The summed E-state index contributed by atoms with van der Waals surface area (Å²) in [5, 5.41) is 7.12. The predicted molar refractivity (Wildman–Crippen MR) is 119 cm³/mol. The van der Waals surface area contributed by atoms with Crippen molar-refractivity contribution >= 4 is 5.91 Å². The molecule has 31 heavy (non-hydrogen) atoms. The number of likely N-dealkylation sites (tertiary alicyclic amines) is 1. The predicted octanol–water partition coefficient (Wildman–Crippen LogP) is 3.15. The highest BCUT2D eigenvalue weighted by molar-refractivity contribution is 5.92. The largest absolute Gasteiger partial charge is 0.491 e. The highest BCUT2D eigenvalue weighted by Crippen LogP contribution is 2.39. The van der Waals surface area contributed by atoms with E-state index in [0.717, 1.165) is 51.1 Å². The standard InChI is InChI=1S/C24H34N4O3/c1-18(2)30-20-6-4-19(5-7-20)17-28-14-11-24(12-15-28)10-8-21(31-24)16-25-23(29)22-9-13-27(3)26-22/h4-7,9,13,18,21H,8,10-12,14-17H2,1-3H3,(H,25,29). The van der Waals surface area contributed by atoms with Gasteiger partial charge in [-0.05, 0) is 63.3 Å². The number of hydrogen-bond acceptors (Lipinski definition) is 5. The molecule has 1 aromatic heterocycles. The molecule has 168 valence electrons.